The molecule has 1 aromatic carbocycles. The Labute approximate surface area is 115 Å². The molecule has 1 aromatic rings. The lowest BCUT2D eigenvalue weighted by atomic mass is 10.2. The van der Waals surface area contributed by atoms with Crippen LogP contribution in [0.4, 0.5) is 0 Å². The molecule has 1 aliphatic heterocycles. The van der Waals surface area contributed by atoms with Gasteiger partial charge in [-0.25, -0.2) is 17.5 Å². The first-order valence-corrected chi connectivity index (χ1v) is 7.68. The lowest BCUT2D eigenvalue weighted by molar-refractivity contribution is -0.133. The van der Waals surface area contributed by atoms with Gasteiger partial charge in [-0.05, 0) is 24.5 Å². The average Bonchev–Trinajstić information content (AvgIpc) is 2.39. The molecule has 0 saturated heterocycles. The molecule has 0 fully saturated rings. The van der Waals surface area contributed by atoms with Gasteiger partial charge in [0.05, 0.1) is 4.90 Å². The summed E-state index contributed by atoms with van der Waals surface area (Å²) < 4.78 is 25.5. The second-order valence-corrected chi connectivity index (χ2v) is 6.44. The van der Waals surface area contributed by atoms with Gasteiger partial charge < -0.3 is 5.11 Å². The maximum Gasteiger partial charge on any atom is 0.354 e. The fourth-order valence-corrected chi connectivity index (χ4v) is 3.58. The smallest absolute Gasteiger partial charge is 0.354 e. The second kappa shape index (κ2) is 5.10. The summed E-state index contributed by atoms with van der Waals surface area (Å²) in [5.41, 5.74) is 0.644. The molecule has 1 N–H and O–H groups in total. The molecule has 0 saturated carbocycles. The number of carboxylic acids is 1. The lowest BCUT2D eigenvalue weighted by Gasteiger charge is -2.22. The minimum atomic E-state index is -3.89. The van der Waals surface area contributed by atoms with Gasteiger partial charge in [0, 0.05) is 11.6 Å². The predicted molar refractivity (Wildman–Crippen MR) is 72.7 cm³/mol. The van der Waals surface area contributed by atoms with Crippen LogP contribution in [0.5, 0.6) is 0 Å². The van der Waals surface area contributed by atoms with Gasteiger partial charge in [0.2, 0.25) is 0 Å². The van der Waals surface area contributed by atoms with Crippen LogP contribution in [-0.4, -0.2) is 23.8 Å². The van der Waals surface area contributed by atoms with E-state index in [0.29, 0.717) is 0 Å². The summed E-state index contributed by atoms with van der Waals surface area (Å²) in [6, 6.07) is 6.25. The van der Waals surface area contributed by atoms with Gasteiger partial charge >= 0.3 is 5.97 Å². The molecule has 7 heteroatoms. The molecule has 0 radical (unpaired) electrons. The number of rotatable bonds is 3. The van der Waals surface area contributed by atoms with E-state index in [-0.39, 0.29) is 10.6 Å². The number of sulfonamides is 1. The second-order valence-electron chi connectivity index (χ2n) is 3.84. The Bertz CT molecular complexity index is 659. The molecule has 5 nitrogen and oxygen atoms in total. The summed E-state index contributed by atoms with van der Waals surface area (Å²) in [5.74, 6) is -1.28. The number of aliphatic carboxylic acids is 1. The van der Waals surface area contributed by atoms with Crippen molar-refractivity contribution in [2.75, 3.05) is 0 Å². The molecule has 0 unspecified atom stereocenters. The van der Waals surface area contributed by atoms with E-state index in [1.807, 2.05) is 6.92 Å². The van der Waals surface area contributed by atoms with Crippen molar-refractivity contribution >= 4 is 27.8 Å². The average molecular weight is 297 g/mol. The maximum atomic E-state index is 12.4. The standard InChI is InChI=1S/C12H11NO4S2/c1-9-2-4-10(5-3-9)19(16,17)13-6-7-18-8-11(13)12(14)15/h2-8H,1H3,(H,14,15). The van der Waals surface area contributed by atoms with Crippen LogP contribution in [0.15, 0.2) is 51.9 Å². The van der Waals surface area contributed by atoms with Crippen LogP contribution in [-0.2, 0) is 14.8 Å². The van der Waals surface area contributed by atoms with E-state index in [1.165, 1.54) is 29.1 Å². The minimum absolute atomic E-state index is 0.0572. The Morgan fingerprint density at radius 1 is 1.26 bits per heavy atom. The van der Waals surface area contributed by atoms with Gasteiger partial charge in [-0.15, -0.1) is 11.8 Å². The number of benzene rings is 1. The Morgan fingerprint density at radius 3 is 2.47 bits per heavy atom. The third-order valence-electron chi connectivity index (χ3n) is 2.49. The van der Waals surface area contributed by atoms with Crippen molar-refractivity contribution in [1.82, 2.24) is 4.31 Å². The lowest BCUT2D eigenvalue weighted by Crippen LogP contribution is -2.30. The van der Waals surface area contributed by atoms with Crippen LogP contribution >= 0.6 is 11.8 Å². The number of thioether (sulfide) groups is 1. The highest BCUT2D eigenvalue weighted by Gasteiger charge is 2.29. The van der Waals surface area contributed by atoms with Crippen LogP contribution in [0.25, 0.3) is 0 Å². The number of nitrogens with zero attached hydrogens (tertiary/aromatic N) is 1. The monoisotopic (exact) mass is 297 g/mol. The Morgan fingerprint density at radius 2 is 1.89 bits per heavy atom. The fraction of sp³-hybridized carbons (Fsp3) is 0.0833. The zero-order chi connectivity index (χ0) is 14.0. The van der Waals surface area contributed by atoms with E-state index in [9.17, 15) is 13.2 Å². The number of hydrogen-bond acceptors (Lipinski definition) is 4. The van der Waals surface area contributed by atoms with Crippen LogP contribution in [0.3, 0.4) is 0 Å². The van der Waals surface area contributed by atoms with E-state index in [2.05, 4.69) is 0 Å². The van der Waals surface area contributed by atoms with Crippen LogP contribution in [0.1, 0.15) is 5.56 Å². The topological polar surface area (TPSA) is 74.7 Å². The maximum absolute atomic E-state index is 12.4. The van der Waals surface area contributed by atoms with Crippen molar-refractivity contribution in [3.63, 3.8) is 0 Å². The van der Waals surface area contributed by atoms with Crippen molar-refractivity contribution in [3.8, 4) is 0 Å². The molecule has 2 rings (SSSR count). The predicted octanol–water partition coefficient (Wildman–Crippen LogP) is 2.13. The Hall–Kier alpha value is -1.73. The molecule has 1 aliphatic rings. The third kappa shape index (κ3) is 2.66. The first-order chi connectivity index (χ1) is 8.93. The summed E-state index contributed by atoms with van der Waals surface area (Å²) in [5, 5.41) is 11.8. The summed E-state index contributed by atoms with van der Waals surface area (Å²) in [4.78, 5) is 11.1. The van der Waals surface area contributed by atoms with Crippen LogP contribution < -0.4 is 0 Å². The molecule has 0 aromatic heterocycles. The molecular formula is C12H11NO4S2. The summed E-state index contributed by atoms with van der Waals surface area (Å²) in [7, 11) is -3.89. The van der Waals surface area contributed by atoms with Crippen molar-refractivity contribution in [2.45, 2.75) is 11.8 Å². The molecular weight excluding hydrogens is 286 g/mol. The van der Waals surface area contributed by atoms with Crippen LogP contribution in [0, 0.1) is 6.92 Å². The van der Waals surface area contributed by atoms with E-state index in [1.54, 1.807) is 12.1 Å². The summed E-state index contributed by atoms with van der Waals surface area (Å²) in [6.45, 7) is 1.84. The Kier molecular flexibility index (Phi) is 3.68. The van der Waals surface area contributed by atoms with Gasteiger partial charge in [-0.1, -0.05) is 17.7 Å². The largest absolute Gasteiger partial charge is 0.477 e. The van der Waals surface area contributed by atoms with Gasteiger partial charge in [-0.3, -0.25) is 0 Å². The normalized spacial score (nSPS) is 15.2. The van der Waals surface area contributed by atoms with Crippen molar-refractivity contribution in [1.29, 1.82) is 0 Å². The van der Waals surface area contributed by atoms with E-state index in [0.717, 1.165) is 21.6 Å². The molecule has 0 aliphatic carbocycles. The third-order valence-corrected chi connectivity index (χ3v) is 4.83. The minimum Gasteiger partial charge on any atom is -0.477 e. The quantitative estimate of drug-likeness (QED) is 0.925. The summed E-state index contributed by atoms with van der Waals surface area (Å²) in [6.07, 6.45) is 1.24. The molecule has 19 heavy (non-hydrogen) atoms. The van der Waals surface area contributed by atoms with E-state index < -0.39 is 16.0 Å². The molecule has 0 amide bonds. The fourth-order valence-electron chi connectivity index (χ4n) is 1.50. The Balaban J connectivity index is 2.47. The highest BCUT2D eigenvalue weighted by Crippen LogP contribution is 2.27. The van der Waals surface area contributed by atoms with Gasteiger partial charge in [0.15, 0.2) is 0 Å². The molecule has 0 atom stereocenters. The zero-order valence-corrected chi connectivity index (χ0v) is 11.6. The highest BCUT2D eigenvalue weighted by molar-refractivity contribution is 8.05. The SMILES string of the molecule is Cc1ccc(S(=O)(=O)N2C=CSC=C2C(=O)O)cc1. The molecule has 100 valence electrons. The highest BCUT2D eigenvalue weighted by atomic mass is 32.2. The summed E-state index contributed by atoms with van der Waals surface area (Å²) >= 11 is 1.12. The van der Waals surface area contributed by atoms with Crippen molar-refractivity contribution in [3.05, 3.63) is 52.5 Å². The number of aryl methyl sites for hydroxylation is 1. The van der Waals surface area contributed by atoms with Gasteiger partial charge in [0.25, 0.3) is 10.0 Å². The van der Waals surface area contributed by atoms with Crippen molar-refractivity contribution < 1.29 is 18.3 Å². The number of carbonyl (C=O) groups is 1. The zero-order valence-electron chi connectivity index (χ0n) is 9.98. The molecule has 0 spiro atoms. The number of hydrogen-bond donors (Lipinski definition) is 1. The first kappa shape index (κ1) is 13.7. The van der Waals surface area contributed by atoms with Crippen LogP contribution in [0.2, 0.25) is 0 Å². The van der Waals surface area contributed by atoms with Crippen molar-refractivity contribution in [2.24, 2.45) is 0 Å². The number of carboxylic acid groups (broad SMARTS) is 1. The van der Waals surface area contributed by atoms with E-state index in [4.69, 9.17) is 5.11 Å². The molecule has 1 heterocycles. The first-order valence-electron chi connectivity index (χ1n) is 5.29. The molecule has 0 bridgehead atoms. The van der Waals surface area contributed by atoms with E-state index >= 15 is 0 Å². The van der Waals surface area contributed by atoms with Gasteiger partial charge in [-0.2, -0.15) is 0 Å². The van der Waals surface area contributed by atoms with Gasteiger partial charge in [0.1, 0.15) is 5.70 Å².